The predicted molar refractivity (Wildman–Crippen MR) is 68.9 cm³/mol. The SMILES string of the molecule is CNc1nc(CSC)nc2sc(C)cc12. The second kappa shape index (κ2) is 4.37. The molecule has 2 aromatic rings. The highest BCUT2D eigenvalue weighted by Gasteiger charge is 2.08. The Morgan fingerprint density at radius 3 is 2.93 bits per heavy atom. The molecule has 2 aromatic heterocycles. The average Bonchev–Trinajstić information content (AvgIpc) is 2.57. The van der Waals surface area contributed by atoms with Crippen LogP contribution in [0.3, 0.4) is 0 Å². The van der Waals surface area contributed by atoms with E-state index in [0.717, 1.165) is 27.6 Å². The first-order chi connectivity index (χ1) is 7.24. The van der Waals surface area contributed by atoms with Gasteiger partial charge in [0.2, 0.25) is 0 Å². The summed E-state index contributed by atoms with van der Waals surface area (Å²) in [7, 11) is 1.90. The Kier molecular flexibility index (Phi) is 3.11. The van der Waals surface area contributed by atoms with E-state index in [9.17, 15) is 0 Å². The lowest BCUT2D eigenvalue weighted by atomic mass is 10.3. The number of thiophene rings is 1. The van der Waals surface area contributed by atoms with Crippen LogP contribution in [0.4, 0.5) is 5.82 Å². The molecule has 2 heterocycles. The van der Waals surface area contributed by atoms with Crippen LogP contribution in [-0.2, 0) is 5.75 Å². The number of fused-ring (bicyclic) bond motifs is 1. The molecule has 0 bridgehead atoms. The summed E-state index contributed by atoms with van der Waals surface area (Å²) in [5.74, 6) is 2.70. The fraction of sp³-hybridized carbons (Fsp3) is 0.400. The number of anilines is 1. The van der Waals surface area contributed by atoms with E-state index in [1.807, 2.05) is 7.05 Å². The molecule has 0 saturated heterocycles. The molecule has 0 aliphatic heterocycles. The smallest absolute Gasteiger partial charge is 0.142 e. The van der Waals surface area contributed by atoms with Crippen molar-refractivity contribution < 1.29 is 0 Å². The van der Waals surface area contributed by atoms with Crippen molar-refractivity contribution in [3.05, 3.63) is 16.8 Å². The van der Waals surface area contributed by atoms with E-state index in [0.29, 0.717) is 0 Å². The van der Waals surface area contributed by atoms with E-state index < -0.39 is 0 Å². The highest BCUT2D eigenvalue weighted by atomic mass is 32.2. The van der Waals surface area contributed by atoms with Crippen LogP contribution in [-0.4, -0.2) is 23.3 Å². The van der Waals surface area contributed by atoms with Crippen LogP contribution >= 0.6 is 23.1 Å². The zero-order valence-corrected chi connectivity index (χ0v) is 10.6. The number of nitrogens with zero attached hydrogens (tertiary/aromatic N) is 2. The average molecular weight is 239 g/mol. The minimum absolute atomic E-state index is 0.863. The Bertz CT molecular complexity index is 479. The first kappa shape index (κ1) is 10.7. The summed E-state index contributed by atoms with van der Waals surface area (Å²) in [5.41, 5.74) is 0. The zero-order chi connectivity index (χ0) is 10.8. The van der Waals surface area contributed by atoms with E-state index in [1.165, 1.54) is 4.88 Å². The van der Waals surface area contributed by atoms with E-state index >= 15 is 0 Å². The lowest BCUT2D eigenvalue weighted by Gasteiger charge is -2.03. The molecule has 5 heteroatoms. The maximum atomic E-state index is 4.54. The predicted octanol–water partition coefficient (Wildman–Crippen LogP) is 2.90. The van der Waals surface area contributed by atoms with Gasteiger partial charge in [0.05, 0.1) is 11.1 Å². The molecule has 0 unspecified atom stereocenters. The van der Waals surface area contributed by atoms with Gasteiger partial charge >= 0.3 is 0 Å². The zero-order valence-electron chi connectivity index (χ0n) is 9.00. The van der Waals surface area contributed by atoms with Crippen LogP contribution in [0.1, 0.15) is 10.7 Å². The minimum Gasteiger partial charge on any atom is -0.372 e. The van der Waals surface area contributed by atoms with Crippen LogP contribution in [0.2, 0.25) is 0 Å². The maximum Gasteiger partial charge on any atom is 0.142 e. The van der Waals surface area contributed by atoms with Crippen molar-refractivity contribution >= 4 is 39.1 Å². The van der Waals surface area contributed by atoms with E-state index in [4.69, 9.17) is 0 Å². The molecule has 0 aliphatic rings. The molecule has 0 aliphatic carbocycles. The number of aromatic nitrogens is 2. The second-order valence-electron chi connectivity index (χ2n) is 3.25. The topological polar surface area (TPSA) is 37.8 Å². The molecule has 1 N–H and O–H groups in total. The van der Waals surface area contributed by atoms with Gasteiger partial charge in [0.25, 0.3) is 0 Å². The quantitative estimate of drug-likeness (QED) is 0.893. The Balaban J connectivity index is 2.59. The van der Waals surface area contributed by atoms with Gasteiger partial charge in [0.1, 0.15) is 16.5 Å². The normalized spacial score (nSPS) is 10.9. The minimum atomic E-state index is 0.863. The molecule has 0 spiro atoms. The Labute approximate surface area is 97.3 Å². The lowest BCUT2D eigenvalue weighted by Crippen LogP contribution is -1.98. The number of aryl methyl sites for hydroxylation is 1. The summed E-state index contributed by atoms with van der Waals surface area (Å²) in [6.45, 7) is 2.10. The molecule has 0 saturated carbocycles. The molecule has 0 atom stereocenters. The second-order valence-corrected chi connectivity index (χ2v) is 5.35. The fourth-order valence-electron chi connectivity index (χ4n) is 1.47. The van der Waals surface area contributed by atoms with Crippen molar-refractivity contribution in [2.75, 3.05) is 18.6 Å². The van der Waals surface area contributed by atoms with Gasteiger partial charge in [-0.3, -0.25) is 0 Å². The van der Waals surface area contributed by atoms with Gasteiger partial charge in [-0.25, -0.2) is 9.97 Å². The first-order valence-electron chi connectivity index (χ1n) is 4.68. The van der Waals surface area contributed by atoms with Crippen molar-refractivity contribution in [2.45, 2.75) is 12.7 Å². The molecule has 3 nitrogen and oxygen atoms in total. The number of thioether (sulfide) groups is 1. The molecule has 0 amide bonds. The molecular formula is C10H13N3S2. The summed E-state index contributed by atoms with van der Waals surface area (Å²) in [5, 5.41) is 4.26. The first-order valence-corrected chi connectivity index (χ1v) is 6.89. The summed E-state index contributed by atoms with van der Waals surface area (Å²) < 4.78 is 0. The third-order valence-electron chi connectivity index (χ3n) is 2.07. The van der Waals surface area contributed by atoms with Crippen molar-refractivity contribution in [2.24, 2.45) is 0 Å². The Morgan fingerprint density at radius 2 is 2.27 bits per heavy atom. The largest absolute Gasteiger partial charge is 0.372 e. The molecule has 0 fully saturated rings. The van der Waals surface area contributed by atoms with E-state index in [2.05, 4.69) is 34.5 Å². The summed E-state index contributed by atoms with van der Waals surface area (Å²) in [4.78, 5) is 11.4. The van der Waals surface area contributed by atoms with Crippen molar-refractivity contribution in [1.29, 1.82) is 0 Å². The molecule has 80 valence electrons. The van der Waals surface area contributed by atoms with Crippen molar-refractivity contribution in [3.63, 3.8) is 0 Å². The molecule has 15 heavy (non-hydrogen) atoms. The lowest BCUT2D eigenvalue weighted by molar-refractivity contribution is 1.08. The van der Waals surface area contributed by atoms with E-state index in [-0.39, 0.29) is 0 Å². The van der Waals surface area contributed by atoms with Gasteiger partial charge in [-0.2, -0.15) is 11.8 Å². The highest BCUT2D eigenvalue weighted by molar-refractivity contribution is 7.97. The van der Waals surface area contributed by atoms with Gasteiger partial charge in [-0.05, 0) is 19.2 Å². The van der Waals surface area contributed by atoms with Gasteiger partial charge < -0.3 is 5.32 Å². The standard InChI is InChI=1S/C10H13N3S2/c1-6-4-7-9(11-2)12-8(5-14-3)13-10(7)15-6/h4H,5H2,1-3H3,(H,11,12,13). The molecule has 0 aromatic carbocycles. The fourth-order valence-corrected chi connectivity index (χ4v) is 2.76. The van der Waals surface area contributed by atoms with Crippen molar-refractivity contribution in [3.8, 4) is 0 Å². The number of hydrogen-bond donors (Lipinski definition) is 1. The van der Waals surface area contributed by atoms with E-state index in [1.54, 1.807) is 23.1 Å². The number of nitrogens with one attached hydrogen (secondary N) is 1. The molecular weight excluding hydrogens is 226 g/mol. The van der Waals surface area contributed by atoms with Crippen LogP contribution in [0.25, 0.3) is 10.2 Å². The Morgan fingerprint density at radius 1 is 1.47 bits per heavy atom. The van der Waals surface area contributed by atoms with Crippen LogP contribution in [0.15, 0.2) is 6.07 Å². The van der Waals surface area contributed by atoms with Gasteiger partial charge in [0.15, 0.2) is 0 Å². The van der Waals surface area contributed by atoms with Crippen LogP contribution in [0.5, 0.6) is 0 Å². The third-order valence-corrected chi connectivity index (χ3v) is 3.56. The van der Waals surface area contributed by atoms with Gasteiger partial charge in [-0.1, -0.05) is 0 Å². The molecule has 2 rings (SSSR count). The van der Waals surface area contributed by atoms with Gasteiger partial charge in [-0.15, -0.1) is 11.3 Å². The third kappa shape index (κ3) is 2.08. The number of hydrogen-bond acceptors (Lipinski definition) is 5. The summed E-state index contributed by atoms with van der Waals surface area (Å²) in [6.07, 6.45) is 2.06. The summed E-state index contributed by atoms with van der Waals surface area (Å²) >= 11 is 3.46. The monoisotopic (exact) mass is 239 g/mol. The van der Waals surface area contributed by atoms with Crippen LogP contribution in [0, 0.1) is 6.92 Å². The number of rotatable bonds is 3. The van der Waals surface area contributed by atoms with Crippen molar-refractivity contribution in [1.82, 2.24) is 9.97 Å². The highest BCUT2D eigenvalue weighted by Crippen LogP contribution is 2.28. The maximum absolute atomic E-state index is 4.54. The molecule has 0 radical (unpaired) electrons. The summed E-state index contributed by atoms with van der Waals surface area (Å²) in [6, 6.07) is 2.13. The van der Waals surface area contributed by atoms with Gasteiger partial charge in [0, 0.05) is 11.9 Å². The Hall–Kier alpha value is -0.810. The van der Waals surface area contributed by atoms with Crippen LogP contribution < -0.4 is 5.32 Å².